The lowest BCUT2D eigenvalue weighted by atomic mass is 10.0. The van der Waals surface area contributed by atoms with E-state index in [1.807, 2.05) is 18.2 Å². The highest BCUT2D eigenvalue weighted by molar-refractivity contribution is 7.69. The molecule has 40 heavy (non-hydrogen) atoms. The number of benzene rings is 5. The molecule has 1 atom stereocenters. The first-order chi connectivity index (χ1) is 19.8. The zero-order valence-electron chi connectivity index (χ0n) is 21.9. The molecule has 5 aromatic rings. The minimum absolute atomic E-state index is 0.480. The van der Waals surface area contributed by atoms with E-state index in [0.717, 1.165) is 63.7 Å². The lowest BCUT2D eigenvalue weighted by Crippen LogP contribution is -2.39. The van der Waals surface area contributed by atoms with E-state index < -0.39 is 8.15 Å². The summed E-state index contributed by atoms with van der Waals surface area (Å²) in [6.07, 6.45) is 0. The Bertz CT molecular complexity index is 1710. The lowest BCUT2D eigenvalue weighted by molar-refractivity contribution is 0.277. The van der Waals surface area contributed by atoms with Crippen molar-refractivity contribution in [2.24, 2.45) is 0 Å². The van der Waals surface area contributed by atoms with Crippen molar-refractivity contribution in [2.45, 2.75) is 13.1 Å². The van der Waals surface area contributed by atoms with E-state index in [2.05, 4.69) is 107 Å². The summed E-state index contributed by atoms with van der Waals surface area (Å²) >= 11 is 0. The highest BCUT2D eigenvalue weighted by Crippen LogP contribution is 2.52. The van der Waals surface area contributed by atoms with Gasteiger partial charge < -0.3 is 23.8 Å². The van der Waals surface area contributed by atoms with Crippen LogP contribution in [0, 0.1) is 0 Å². The lowest BCUT2D eigenvalue weighted by Gasteiger charge is -2.39. The summed E-state index contributed by atoms with van der Waals surface area (Å²) in [6.45, 7) is 2.44. The van der Waals surface area contributed by atoms with Gasteiger partial charge in [-0.3, -0.25) is 0 Å². The van der Waals surface area contributed by atoms with Crippen molar-refractivity contribution >= 4 is 30.1 Å². The van der Waals surface area contributed by atoms with Crippen LogP contribution in [0.3, 0.4) is 0 Å². The van der Waals surface area contributed by atoms with Crippen LogP contribution in [0.5, 0.6) is 17.2 Å². The van der Waals surface area contributed by atoms with Crippen molar-refractivity contribution in [3.8, 4) is 28.4 Å². The molecule has 8 rings (SSSR count). The third kappa shape index (κ3) is 3.89. The highest BCUT2D eigenvalue weighted by atomic mass is 31.1. The van der Waals surface area contributed by atoms with Gasteiger partial charge in [-0.05, 0) is 42.0 Å². The van der Waals surface area contributed by atoms with Crippen molar-refractivity contribution in [3.63, 3.8) is 0 Å². The first-order valence-corrected chi connectivity index (χ1v) is 14.8. The maximum Gasteiger partial charge on any atom is 0.161 e. The van der Waals surface area contributed by atoms with E-state index >= 15 is 0 Å². The molecule has 0 amide bonds. The number of hydrogen-bond acceptors (Lipinski definition) is 5. The molecular formula is C34H27N2O3P. The first-order valence-electron chi connectivity index (χ1n) is 13.5. The van der Waals surface area contributed by atoms with Gasteiger partial charge in [0, 0.05) is 33.4 Å². The second-order valence-electron chi connectivity index (χ2n) is 10.2. The number of hydrogen-bond donors (Lipinski definition) is 0. The van der Waals surface area contributed by atoms with Crippen molar-refractivity contribution < 1.29 is 14.0 Å². The number of para-hydroxylation sites is 3. The third-order valence-electron chi connectivity index (χ3n) is 7.78. The number of rotatable bonds is 3. The zero-order chi connectivity index (χ0) is 26.5. The van der Waals surface area contributed by atoms with Gasteiger partial charge in [-0.15, -0.1) is 0 Å². The Morgan fingerprint density at radius 2 is 1.20 bits per heavy atom. The van der Waals surface area contributed by atoms with E-state index in [4.69, 9.17) is 14.0 Å². The highest BCUT2D eigenvalue weighted by Gasteiger charge is 2.38. The summed E-state index contributed by atoms with van der Waals surface area (Å²) in [5.41, 5.74) is 6.90. The Morgan fingerprint density at radius 3 is 1.98 bits per heavy atom. The quantitative estimate of drug-likeness (QED) is 0.234. The third-order valence-corrected chi connectivity index (χ3v) is 9.87. The predicted octanol–water partition coefficient (Wildman–Crippen LogP) is 6.81. The molecule has 0 saturated carbocycles. The van der Waals surface area contributed by atoms with Gasteiger partial charge in [-0.25, -0.2) is 0 Å². The molecule has 0 radical (unpaired) electrons. The van der Waals surface area contributed by atoms with Crippen LogP contribution in [0.25, 0.3) is 11.1 Å². The van der Waals surface area contributed by atoms with Crippen LogP contribution in [0.4, 0.5) is 11.4 Å². The molecule has 0 aliphatic carbocycles. The molecule has 0 aromatic heterocycles. The fraction of sp³-hybridized carbons (Fsp3) is 0.118. The van der Waals surface area contributed by atoms with Crippen molar-refractivity contribution in [3.05, 3.63) is 126 Å². The van der Waals surface area contributed by atoms with Crippen LogP contribution in [-0.4, -0.2) is 13.5 Å². The smallest absolute Gasteiger partial charge is 0.161 e. The normalized spacial score (nSPS) is 16.9. The Morgan fingerprint density at radius 1 is 0.575 bits per heavy atom. The standard InChI is InChI=1S/C34H27N2O3P/c1-3-11-25(12-4-1)35-20-24-19-31-29(21-36(22-37-31)26-13-5-2-6-14-26)34(33(24)38-23-35)40-32-18-10-8-16-28(32)27-15-7-9-17-30(27)39-40/h1-19H,20-23H2. The molecule has 5 nitrogen and oxygen atoms in total. The minimum atomic E-state index is -1.21. The van der Waals surface area contributed by atoms with Crippen molar-refractivity contribution in [1.29, 1.82) is 0 Å². The van der Waals surface area contributed by atoms with Gasteiger partial charge in [0.1, 0.15) is 17.2 Å². The van der Waals surface area contributed by atoms with Crippen molar-refractivity contribution in [1.82, 2.24) is 0 Å². The number of nitrogens with zero attached hydrogens (tertiary/aromatic N) is 2. The maximum absolute atomic E-state index is 6.93. The summed E-state index contributed by atoms with van der Waals surface area (Å²) in [5, 5.41) is 2.33. The van der Waals surface area contributed by atoms with Crippen LogP contribution in [0.1, 0.15) is 11.1 Å². The predicted molar refractivity (Wildman–Crippen MR) is 161 cm³/mol. The molecule has 0 fully saturated rings. The Labute approximate surface area is 235 Å². The molecule has 0 spiro atoms. The average Bonchev–Trinajstić information content (AvgIpc) is 3.03. The molecule has 1 unspecified atom stereocenters. The molecule has 3 aliphatic heterocycles. The molecule has 3 heterocycles. The largest absolute Gasteiger partial charge is 0.473 e. The van der Waals surface area contributed by atoms with E-state index in [9.17, 15) is 0 Å². The second kappa shape index (κ2) is 9.62. The van der Waals surface area contributed by atoms with Crippen LogP contribution < -0.4 is 34.4 Å². The SMILES string of the molecule is c1ccc(N2COc3c(cc4c(c3P3Oc5ccccc5-c5ccccc53)CN(c3ccccc3)CO4)C2)cc1. The summed E-state index contributed by atoms with van der Waals surface area (Å²) in [7, 11) is -1.21. The maximum atomic E-state index is 6.93. The molecule has 6 heteroatoms. The monoisotopic (exact) mass is 542 g/mol. The van der Waals surface area contributed by atoms with Crippen LogP contribution >= 0.6 is 8.15 Å². The summed E-state index contributed by atoms with van der Waals surface area (Å²) in [4.78, 5) is 4.53. The molecule has 0 N–H and O–H groups in total. The molecule has 3 aliphatic rings. The molecular weight excluding hydrogens is 515 g/mol. The van der Waals surface area contributed by atoms with Gasteiger partial charge in [0.15, 0.2) is 21.6 Å². The summed E-state index contributed by atoms with van der Waals surface area (Å²) in [6, 6.07) is 40.1. The van der Waals surface area contributed by atoms with Gasteiger partial charge >= 0.3 is 0 Å². The Kier molecular flexibility index (Phi) is 5.63. The van der Waals surface area contributed by atoms with E-state index in [1.54, 1.807) is 0 Å². The van der Waals surface area contributed by atoms with Gasteiger partial charge in [0.2, 0.25) is 0 Å². The number of anilines is 2. The Hall–Kier alpha value is -4.47. The van der Waals surface area contributed by atoms with Gasteiger partial charge in [-0.1, -0.05) is 78.9 Å². The molecule has 196 valence electrons. The molecule has 5 aromatic carbocycles. The van der Waals surface area contributed by atoms with E-state index in [0.29, 0.717) is 13.5 Å². The molecule has 0 saturated heterocycles. The van der Waals surface area contributed by atoms with Crippen LogP contribution in [0.15, 0.2) is 115 Å². The molecule has 0 bridgehead atoms. The van der Waals surface area contributed by atoms with E-state index in [-0.39, 0.29) is 0 Å². The minimum Gasteiger partial charge on any atom is -0.473 e. The van der Waals surface area contributed by atoms with Crippen LogP contribution in [0.2, 0.25) is 0 Å². The first kappa shape index (κ1) is 23.4. The van der Waals surface area contributed by atoms with Gasteiger partial charge in [-0.2, -0.15) is 0 Å². The van der Waals surface area contributed by atoms with E-state index in [1.165, 1.54) is 10.9 Å². The zero-order valence-corrected chi connectivity index (χ0v) is 22.8. The van der Waals surface area contributed by atoms with Crippen molar-refractivity contribution in [2.75, 3.05) is 23.3 Å². The fourth-order valence-electron chi connectivity index (χ4n) is 5.84. The number of fused-ring (bicyclic) bond motifs is 5. The summed E-state index contributed by atoms with van der Waals surface area (Å²) in [5.74, 6) is 2.77. The topological polar surface area (TPSA) is 34.2 Å². The second-order valence-corrected chi connectivity index (χ2v) is 11.9. The fourth-order valence-corrected chi connectivity index (χ4v) is 8.08. The van der Waals surface area contributed by atoms with Gasteiger partial charge in [0.05, 0.1) is 18.4 Å². The number of ether oxygens (including phenoxy) is 2. The average molecular weight is 543 g/mol. The van der Waals surface area contributed by atoms with Crippen LogP contribution in [-0.2, 0) is 13.1 Å². The summed E-state index contributed by atoms with van der Waals surface area (Å²) < 4.78 is 20.1. The van der Waals surface area contributed by atoms with Gasteiger partial charge in [0.25, 0.3) is 0 Å². The Balaban J connectivity index is 1.29.